The standard InChI is InChI=1S/C14H8ClF3N2/c15-13-8-20-7-12(11(13)5-6-19)9-1-3-10(4-2-9)14(16,17)18/h1-4,7-8H,5H2. The Kier molecular flexibility index (Phi) is 3.96. The molecule has 0 saturated heterocycles. The van der Waals surface area contributed by atoms with Crippen molar-refractivity contribution in [3.05, 3.63) is 52.8 Å². The van der Waals surface area contributed by atoms with Gasteiger partial charge in [-0.2, -0.15) is 18.4 Å². The van der Waals surface area contributed by atoms with Gasteiger partial charge in [0.15, 0.2) is 0 Å². The summed E-state index contributed by atoms with van der Waals surface area (Å²) in [5, 5.41) is 9.11. The Bertz CT molecular complexity index is 658. The van der Waals surface area contributed by atoms with Crippen LogP contribution in [0.25, 0.3) is 11.1 Å². The van der Waals surface area contributed by atoms with Gasteiger partial charge in [-0.15, -0.1) is 0 Å². The number of alkyl halides is 3. The Balaban J connectivity index is 2.48. The molecule has 1 heterocycles. The Morgan fingerprint density at radius 2 is 1.80 bits per heavy atom. The summed E-state index contributed by atoms with van der Waals surface area (Å²) in [6.07, 6.45) is -1.42. The largest absolute Gasteiger partial charge is 0.416 e. The lowest BCUT2D eigenvalue weighted by atomic mass is 9.99. The lowest BCUT2D eigenvalue weighted by molar-refractivity contribution is -0.137. The quantitative estimate of drug-likeness (QED) is 0.819. The van der Waals surface area contributed by atoms with Gasteiger partial charge in [0.2, 0.25) is 0 Å². The van der Waals surface area contributed by atoms with Crippen LogP contribution in [0, 0.1) is 11.3 Å². The Morgan fingerprint density at radius 3 is 2.35 bits per heavy atom. The van der Waals surface area contributed by atoms with Crippen LogP contribution >= 0.6 is 11.6 Å². The first-order chi connectivity index (χ1) is 9.43. The van der Waals surface area contributed by atoms with Gasteiger partial charge in [0, 0.05) is 18.0 Å². The number of halogens is 4. The maximum absolute atomic E-state index is 12.5. The fourth-order valence-electron chi connectivity index (χ4n) is 1.81. The number of hydrogen-bond donors (Lipinski definition) is 0. The van der Waals surface area contributed by atoms with Gasteiger partial charge in [0.1, 0.15) is 0 Å². The fourth-order valence-corrected chi connectivity index (χ4v) is 2.03. The van der Waals surface area contributed by atoms with Crippen molar-refractivity contribution in [2.24, 2.45) is 0 Å². The van der Waals surface area contributed by atoms with E-state index in [2.05, 4.69) is 4.98 Å². The summed E-state index contributed by atoms with van der Waals surface area (Å²) < 4.78 is 37.5. The lowest BCUT2D eigenvalue weighted by Gasteiger charge is -2.10. The topological polar surface area (TPSA) is 36.7 Å². The van der Waals surface area contributed by atoms with Gasteiger partial charge in [-0.1, -0.05) is 23.7 Å². The minimum atomic E-state index is -4.37. The van der Waals surface area contributed by atoms with E-state index >= 15 is 0 Å². The van der Waals surface area contributed by atoms with E-state index in [0.29, 0.717) is 21.7 Å². The van der Waals surface area contributed by atoms with Crippen LogP contribution in [0.2, 0.25) is 5.02 Å². The lowest BCUT2D eigenvalue weighted by Crippen LogP contribution is -2.04. The Morgan fingerprint density at radius 1 is 1.15 bits per heavy atom. The Labute approximate surface area is 118 Å². The third-order valence-electron chi connectivity index (χ3n) is 2.78. The average molecular weight is 297 g/mol. The molecule has 0 atom stereocenters. The van der Waals surface area contributed by atoms with E-state index < -0.39 is 11.7 Å². The number of hydrogen-bond acceptors (Lipinski definition) is 2. The minimum Gasteiger partial charge on any atom is -0.263 e. The summed E-state index contributed by atoms with van der Waals surface area (Å²) in [6, 6.07) is 6.65. The Hall–Kier alpha value is -2.06. The zero-order valence-electron chi connectivity index (χ0n) is 10.1. The first kappa shape index (κ1) is 14.4. The first-order valence-corrected chi connectivity index (χ1v) is 5.98. The summed E-state index contributed by atoms with van der Waals surface area (Å²) in [6.45, 7) is 0. The van der Waals surface area contributed by atoms with E-state index in [9.17, 15) is 13.2 Å². The number of rotatable bonds is 2. The van der Waals surface area contributed by atoms with Gasteiger partial charge in [0.25, 0.3) is 0 Å². The van der Waals surface area contributed by atoms with Crippen LogP contribution in [-0.4, -0.2) is 4.98 Å². The predicted octanol–water partition coefficient (Wildman–Crippen LogP) is 4.49. The number of pyridine rings is 1. The fraction of sp³-hybridized carbons (Fsp3) is 0.143. The molecule has 102 valence electrons. The second-order valence-corrected chi connectivity index (χ2v) is 4.46. The summed E-state index contributed by atoms with van der Waals surface area (Å²) in [4.78, 5) is 3.91. The van der Waals surface area contributed by atoms with Crippen LogP contribution in [0.5, 0.6) is 0 Å². The molecule has 0 amide bonds. The van der Waals surface area contributed by atoms with Crippen LogP contribution in [0.1, 0.15) is 11.1 Å². The zero-order valence-corrected chi connectivity index (χ0v) is 10.8. The highest BCUT2D eigenvalue weighted by atomic mass is 35.5. The van der Waals surface area contributed by atoms with Crippen molar-refractivity contribution in [1.29, 1.82) is 5.26 Å². The van der Waals surface area contributed by atoms with Crippen molar-refractivity contribution in [3.8, 4) is 17.2 Å². The zero-order chi connectivity index (χ0) is 14.8. The molecular weight excluding hydrogens is 289 g/mol. The molecule has 6 heteroatoms. The van der Waals surface area contributed by atoms with E-state index in [4.69, 9.17) is 16.9 Å². The van der Waals surface area contributed by atoms with Gasteiger partial charge in [-0.25, -0.2) is 0 Å². The molecule has 2 rings (SSSR count). The molecule has 0 unspecified atom stereocenters. The average Bonchev–Trinajstić information content (AvgIpc) is 2.40. The number of benzene rings is 1. The van der Waals surface area contributed by atoms with Gasteiger partial charge in [-0.05, 0) is 23.3 Å². The molecule has 0 aliphatic rings. The molecule has 20 heavy (non-hydrogen) atoms. The molecule has 2 aromatic rings. The van der Waals surface area contributed by atoms with Gasteiger partial charge < -0.3 is 0 Å². The molecule has 1 aromatic heterocycles. The molecule has 2 nitrogen and oxygen atoms in total. The SMILES string of the molecule is N#CCc1c(Cl)cncc1-c1ccc(C(F)(F)F)cc1. The van der Waals surface area contributed by atoms with Gasteiger partial charge >= 0.3 is 6.18 Å². The molecule has 0 fully saturated rings. The predicted molar refractivity (Wildman–Crippen MR) is 69.0 cm³/mol. The summed E-state index contributed by atoms with van der Waals surface area (Å²) in [5.74, 6) is 0. The van der Waals surface area contributed by atoms with E-state index in [1.807, 2.05) is 6.07 Å². The maximum Gasteiger partial charge on any atom is 0.416 e. The van der Waals surface area contributed by atoms with Crippen molar-refractivity contribution < 1.29 is 13.2 Å². The molecule has 0 radical (unpaired) electrons. The highest BCUT2D eigenvalue weighted by Gasteiger charge is 2.30. The van der Waals surface area contributed by atoms with E-state index in [1.54, 1.807) is 0 Å². The molecule has 0 N–H and O–H groups in total. The van der Waals surface area contributed by atoms with Crippen molar-refractivity contribution in [2.45, 2.75) is 12.6 Å². The van der Waals surface area contributed by atoms with Crippen molar-refractivity contribution >= 4 is 11.6 Å². The van der Waals surface area contributed by atoms with Gasteiger partial charge in [-0.3, -0.25) is 4.98 Å². The number of nitrogens with zero attached hydrogens (tertiary/aromatic N) is 2. The molecule has 0 bridgehead atoms. The number of nitriles is 1. The molecule has 1 aromatic carbocycles. The minimum absolute atomic E-state index is 0.0672. The van der Waals surface area contributed by atoms with Crippen LogP contribution in [0.15, 0.2) is 36.7 Å². The van der Waals surface area contributed by atoms with Crippen molar-refractivity contribution in [2.75, 3.05) is 0 Å². The molecule has 0 spiro atoms. The molecule has 0 aliphatic heterocycles. The van der Waals surface area contributed by atoms with Crippen molar-refractivity contribution in [3.63, 3.8) is 0 Å². The summed E-state index contributed by atoms with van der Waals surface area (Å²) >= 11 is 5.97. The van der Waals surface area contributed by atoms with Crippen LogP contribution in [-0.2, 0) is 12.6 Å². The van der Waals surface area contributed by atoms with E-state index in [-0.39, 0.29) is 6.42 Å². The number of aromatic nitrogens is 1. The third kappa shape index (κ3) is 2.91. The van der Waals surface area contributed by atoms with Crippen LogP contribution < -0.4 is 0 Å². The highest BCUT2D eigenvalue weighted by Crippen LogP contribution is 2.33. The van der Waals surface area contributed by atoms with E-state index in [1.165, 1.54) is 24.5 Å². The highest BCUT2D eigenvalue weighted by molar-refractivity contribution is 6.31. The van der Waals surface area contributed by atoms with Crippen LogP contribution in [0.4, 0.5) is 13.2 Å². The van der Waals surface area contributed by atoms with E-state index in [0.717, 1.165) is 12.1 Å². The molecule has 0 saturated carbocycles. The normalized spacial score (nSPS) is 11.2. The third-order valence-corrected chi connectivity index (χ3v) is 3.11. The maximum atomic E-state index is 12.5. The van der Waals surface area contributed by atoms with Gasteiger partial charge in [0.05, 0.1) is 23.1 Å². The smallest absolute Gasteiger partial charge is 0.263 e. The first-order valence-electron chi connectivity index (χ1n) is 5.60. The summed E-state index contributed by atoms with van der Waals surface area (Å²) in [7, 11) is 0. The summed E-state index contributed by atoms with van der Waals surface area (Å²) in [5.41, 5.74) is 0.938. The second kappa shape index (κ2) is 5.51. The monoisotopic (exact) mass is 296 g/mol. The molecular formula is C14H8ClF3N2. The van der Waals surface area contributed by atoms with Crippen molar-refractivity contribution in [1.82, 2.24) is 4.98 Å². The molecule has 0 aliphatic carbocycles. The van der Waals surface area contributed by atoms with Crippen LogP contribution in [0.3, 0.4) is 0 Å². The second-order valence-electron chi connectivity index (χ2n) is 4.06.